The second kappa shape index (κ2) is 6.21. The molecule has 1 N–H and O–H groups in total. The molecular weight excluding hydrogens is 296 g/mol. The molecule has 1 aliphatic carbocycles. The van der Waals surface area contributed by atoms with Crippen LogP contribution >= 0.6 is 12.4 Å². The Hall–Kier alpha value is -1.06. The van der Waals surface area contributed by atoms with Gasteiger partial charge in [-0.2, -0.15) is 0 Å². The highest BCUT2D eigenvalue weighted by atomic mass is 35.5. The number of rotatable bonds is 2. The zero-order chi connectivity index (χ0) is 14.4. The van der Waals surface area contributed by atoms with E-state index in [4.69, 9.17) is 0 Å². The molecule has 0 radical (unpaired) electrons. The SMILES string of the molecule is Cc1ccccc1C1CC1C(=O)N1C2CCNCC1CC2.Cl. The number of nitrogens with one attached hydrogen (secondary N) is 1. The van der Waals surface area contributed by atoms with E-state index < -0.39 is 0 Å². The van der Waals surface area contributed by atoms with Gasteiger partial charge in [0.05, 0.1) is 0 Å². The lowest BCUT2D eigenvalue weighted by atomic mass is 10.0. The van der Waals surface area contributed by atoms with Crippen LogP contribution in [0.5, 0.6) is 0 Å². The molecule has 1 saturated carbocycles. The van der Waals surface area contributed by atoms with Gasteiger partial charge in [-0.05, 0) is 56.2 Å². The van der Waals surface area contributed by atoms with Crippen LogP contribution in [0.4, 0.5) is 0 Å². The molecule has 4 heteroatoms. The van der Waals surface area contributed by atoms with Crippen LogP contribution in [0, 0.1) is 12.8 Å². The molecule has 2 heterocycles. The second-order valence-electron chi connectivity index (χ2n) is 6.93. The zero-order valence-corrected chi connectivity index (χ0v) is 13.9. The molecule has 120 valence electrons. The van der Waals surface area contributed by atoms with Crippen molar-refractivity contribution in [3.8, 4) is 0 Å². The van der Waals surface area contributed by atoms with Gasteiger partial charge in [-0.25, -0.2) is 0 Å². The third-order valence-electron chi connectivity index (χ3n) is 5.60. The molecular formula is C18H25ClN2O. The van der Waals surface area contributed by atoms with Crippen LogP contribution in [-0.4, -0.2) is 36.0 Å². The molecule has 3 aliphatic rings. The van der Waals surface area contributed by atoms with Gasteiger partial charge in [-0.1, -0.05) is 24.3 Å². The summed E-state index contributed by atoms with van der Waals surface area (Å²) in [4.78, 5) is 15.2. The second-order valence-corrected chi connectivity index (χ2v) is 6.93. The molecule has 1 aromatic rings. The number of hydrogen-bond acceptors (Lipinski definition) is 2. The maximum atomic E-state index is 13.0. The summed E-state index contributed by atoms with van der Waals surface area (Å²) in [5, 5.41) is 3.48. The summed E-state index contributed by atoms with van der Waals surface area (Å²) >= 11 is 0. The number of halogens is 1. The first-order valence-electron chi connectivity index (χ1n) is 8.34. The largest absolute Gasteiger partial charge is 0.335 e. The summed E-state index contributed by atoms with van der Waals surface area (Å²) in [7, 11) is 0. The minimum Gasteiger partial charge on any atom is -0.335 e. The normalized spacial score (nSPS) is 33.0. The van der Waals surface area contributed by atoms with Crippen LogP contribution in [0.2, 0.25) is 0 Å². The highest BCUT2D eigenvalue weighted by Gasteiger charge is 2.50. The summed E-state index contributed by atoms with van der Waals surface area (Å²) in [6, 6.07) is 9.49. The number of aryl methyl sites for hydroxylation is 1. The van der Waals surface area contributed by atoms with Crippen LogP contribution in [0.15, 0.2) is 24.3 Å². The van der Waals surface area contributed by atoms with Crippen molar-refractivity contribution >= 4 is 18.3 Å². The van der Waals surface area contributed by atoms with E-state index in [1.54, 1.807) is 0 Å². The van der Waals surface area contributed by atoms with E-state index in [1.165, 1.54) is 24.0 Å². The van der Waals surface area contributed by atoms with Crippen molar-refractivity contribution in [3.05, 3.63) is 35.4 Å². The quantitative estimate of drug-likeness (QED) is 0.908. The Morgan fingerprint density at radius 1 is 1.18 bits per heavy atom. The molecule has 4 atom stereocenters. The van der Waals surface area contributed by atoms with E-state index in [2.05, 4.69) is 41.4 Å². The molecule has 0 aromatic heterocycles. The monoisotopic (exact) mass is 320 g/mol. The van der Waals surface area contributed by atoms with E-state index in [-0.39, 0.29) is 18.3 Å². The van der Waals surface area contributed by atoms with Gasteiger partial charge in [0.25, 0.3) is 0 Å². The van der Waals surface area contributed by atoms with E-state index in [1.807, 2.05) is 0 Å². The average molecular weight is 321 g/mol. The first-order valence-corrected chi connectivity index (χ1v) is 8.34. The Bertz CT molecular complexity index is 548. The molecule has 4 rings (SSSR count). The highest BCUT2D eigenvalue weighted by Crippen LogP contribution is 2.50. The summed E-state index contributed by atoms with van der Waals surface area (Å²) in [6.45, 7) is 4.22. The van der Waals surface area contributed by atoms with Gasteiger partial charge in [0.15, 0.2) is 0 Å². The number of hydrogen-bond donors (Lipinski definition) is 1. The Balaban J connectivity index is 0.00000144. The van der Waals surface area contributed by atoms with Crippen LogP contribution in [0.1, 0.15) is 42.7 Å². The van der Waals surface area contributed by atoms with Crippen LogP contribution < -0.4 is 5.32 Å². The maximum Gasteiger partial charge on any atom is 0.226 e. The number of carbonyl (C=O) groups excluding carboxylic acids is 1. The smallest absolute Gasteiger partial charge is 0.226 e. The predicted molar refractivity (Wildman–Crippen MR) is 90.4 cm³/mol. The minimum atomic E-state index is 0. The number of benzene rings is 1. The summed E-state index contributed by atoms with van der Waals surface area (Å²) in [5.41, 5.74) is 2.72. The van der Waals surface area contributed by atoms with E-state index in [0.29, 0.717) is 23.9 Å². The van der Waals surface area contributed by atoms with Crippen molar-refractivity contribution in [2.24, 2.45) is 5.92 Å². The molecule has 2 aliphatic heterocycles. The summed E-state index contributed by atoms with van der Waals surface area (Å²) in [6.07, 6.45) is 4.57. The molecule has 0 spiro atoms. The molecule has 1 amide bonds. The lowest BCUT2D eigenvalue weighted by Gasteiger charge is -2.28. The van der Waals surface area contributed by atoms with Crippen molar-refractivity contribution in [3.63, 3.8) is 0 Å². The fraction of sp³-hybridized carbons (Fsp3) is 0.611. The Kier molecular flexibility index (Phi) is 4.47. The Morgan fingerprint density at radius 2 is 1.95 bits per heavy atom. The van der Waals surface area contributed by atoms with Gasteiger partial charge < -0.3 is 10.2 Å². The number of amides is 1. The molecule has 2 bridgehead atoms. The van der Waals surface area contributed by atoms with Gasteiger partial charge in [0.1, 0.15) is 0 Å². The highest BCUT2D eigenvalue weighted by molar-refractivity contribution is 5.85. The number of nitrogens with zero attached hydrogens (tertiary/aromatic N) is 1. The number of fused-ring (bicyclic) bond motifs is 2. The van der Waals surface area contributed by atoms with Gasteiger partial charge in [0.2, 0.25) is 5.91 Å². The van der Waals surface area contributed by atoms with Gasteiger partial charge in [0, 0.05) is 24.5 Å². The van der Waals surface area contributed by atoms with Crippen molar-refractivity contribution in [2.45, 2.75) is 50.6 Å². The first kappa shape index (κ1) is 15.8. The fourth-order valence-electron chi connectivity index (χ4n) is 4.35. The van der Waals surface area contributed by atoms with Crippen LogP contribution in [0.25, 0.3) is 0 Å². The third-order valence-corrected chi connectivity index (χ3v) is 5.60. The Morgan fingerprint density at radius 3 is 2.77 bits per heavy atom. The van der Waals surface area contributed by atoms with E-state index >= 15 is 0 Å². The topological polar surface area (TPSA) is 32.3 Å². The maximum absolute atomic E-state index is 13.0. The minimum absolute atomic E-state index is 0. The van der Waals surface area contributed by atoms with Gasteiger partial charge in [-0.3, -0.25) is 4.79 Å². The molecule has 22 heavy (non-hydrogen) atoms. The van der Waals surface area contributed by atoms with Crippen molar-refractivity contribution in [2.75, 3.05) is 13.1 Å². The summed E-state index contributed by atoms with van der Waals surface area (Å²) in [5.74, 6) is 1.14. The average Bonchev–Trinajstić information content (AvgIpc) is 3.18. The van der Waals surface area contributed by atoms with Crippen LogP contribution in [0.3, 0.4) is 0 Å². The number of carbonyl (C=O) groups is 1. The zero-order valence-electron chi connectivity index (χ0n) is 13.1. The fourth-order valence-corrected chi connectivity index (χ4v) is 4.35. The lowest BCUT2D eigenvalue weighted by Crippen LogP contribution is -2.43. The Labute approximate surface area is 138 Å². The predicted octanol–water partition coefficient (Wildman–Crippen LogP) is 2.87. The summed E-state index contributed by atoms with van der Waals surface area (Å²) < 4.78 is 0. The molecule has 3 fully saturated rings. The molecule has 1 aromatic carbocycles. The molecule has 4 unspecified atom stereocenters. The molecule has 3 nitrogen and oxygen atoms in total. The third kappa shape index (κ3) is 2.65. The van der Waals surface area contributed by atoms with Crippen molar-refractivity contribution in [1.82, 2.24) is 10.2 Å². The van der Waals surface area contributed by atoms with Crippen LogP contribution in [-0.2, 0) is 4.79 Å². The first-order chi connectivity index (χ1) is 10.3. The lowest BCUT2D eigenvalue weighted by molar-refractivity contribution is -0.135. The van der Waals surface area contributed by atoms with Crippen molar-refractivity contribution < 1.29 is 4.79 Å². The van der Waals surface area contributed by atoms with E-state index in [0.717, 1.165) is 25.9 Å². The molecule has 2 saturated heterocycles. The van der Waals surface area contributed by atoms with Gasteiger partial charge >= 0.3 is 0 Å². The van der Waals surface area contributed by atoms with Crippen molar-refractivity contribution in [1.29, 1.82) is 0 Å². The standard InChI is InChI=1S/C18H24N2O.ClH/c1-12-4-2-3-5-15(12)16-10-17(16)18(21)20-13-6-7-14(20)11-19-9-8-13;/h2-5,13-14,16-17,19H,6-11H2,1H3;1H. The van der Waals surface area contributed by atoms with Gasteiger partial charge in [-0.15, -0.1) is 12.4 Å². The van der Waals surface area contributed by atoms with E-state index in [9.17, 15) is 4.79 Å².